The summed E-state index contributed by atoms with van der Waals surface area (Å²) in [6.07, 6.45) is 0.141. The van der Waals surface area contributed by atoms with Gasteiger partial charge in [0.1, 0.15) is 12.2 Å². The number of aromatic hydroxyl groups is 2. The summed E-state index contributed by atoms with van der Waals surface area (Å²) in [5, 5.41) is 23.9. The summed E-state index contributed by atoms with van der Waals surface area (Å²) in [5.41, 5.74) is 2.94. The Bertz CT molecular complexity index is 1600. The molecule has 2 aromatic heterocycles. The Hall–Kier alpha value is -2.59. The van der Waals surface area contributed by atoms with Gasteiger partial charge in [-0.1, -0.05) is 46.4 Å². The number of rotatable bonds is 12. The Labute approximate surface area is 270 Å². The van der Waals surface area contributed by atoms with E-state index >= 15 is 0 Å². The summed E-state index contributed by atoms with van der Waals surface area (Å²) in [6.45, 7) is 1.80. The molecule has 0 fully saturated rings. The lowest BCUT2D eigenvalue weighted by molar-refractivity contribution is -0.146. The zero-order chi connectivity index (χ0) is 30.6. The van der Waals surface area contributed by atoms with Crippen LogP contribution in [0.25, 0.3) is 22.3 Å². The number of aryl methyl sites for hydroxylation is 1. The summed E-state index contributed by atoms with van der Waals surface area (Å²) >= 11 is 27.0. The van der Waals surface area contributed by atoms with Crippen LogP contribution in [0.3, 0.4) is 0 Å². The van der Waals surface area contributed by atoms with E-state index in [9.17, 15) is 24.6 Å². The molecule has 1 unspecified atom stereocenters. The third-order valence-corrected chi connectivity index (χ3v) is 9.61. The van der Waals surface area contributed by atoms with Crippen molar-refractivity contribution in [1.29, 1.82) is 0 Å². The molecule has 0 aliphatic carbocycles. The highest BCUT2D eigenvalue weighted by atomic mass is 35.5. The highest BCUT2D eigenvalue weighted by Gasteiger charge is 2.28. The number of esters is 1. The molecule has 4 aromatic rings. The van der Waals surface area contributed by atoms with Gasteiger partial charge in [0, 0.05) is 22.6 Å². The Morgan fingerprint density at radius 3 is 1.86 bits per heavy atom. The minimum Gasteiger partial charge on any atom is -0.505 e. The second-order valence-electron chi connectivity index (χ2n) is 9.36. The van der Waals surface area contributed by atoms with Gasteiger partial charge in [-0.3, -0.25) is 14.4 Å². The topological polar surface area (TPSA) is 101 Å². The maximum atomic E-state index is 13.2. The molecule has 0 saturated heterocycles. The molecular weight excluding hydrogens is 662 g/mol. The number of carbonyl (C=O) groups is 3. The summed E-state index contributed by atoms with van der Waals surface area (Å²) < 4.78 is 4.96. The standard InChI is InChI=1S/C30H24Cl4O6S2/c1-2-40-28(37)12-26(36)21(27-10-18(14-42-27)16-8-24(33)30(39)25(34)9-16)11-19(35)3-4-20-5-17(13-41-20)15-6-22(31)29(38)23(32)7-15/h5-10,13-14,21,38-39H,2-4,11-12H2,1H3. The number of Topliss-reactive ketones (excluding diaryl/α,β-unsaturated/α-hetero) is 2. The van der Waals surface area contributed by atoms with Crippen LogP contribution in [0, 0.1) is 0 Å². The van der Waals surface area contributed by atoms with Crippen LogP contribution in [0.5, 0.6) is 11.5 Å². The van der Waals surface area contributed by atoms with Crippen molar-refractivity contribution in [3.05, 3.63) is 77.0 Å². The van der Waals surface area contributed by atoms with Crippen molar-refractivity contribution in [2.75, 3.05) is 6.61 Å². The number of carbonyl (C=O) groups excluding carboxylic acids is 3. The third kappa shape index (κ3) is 7.86. The largest absolute Gasteiger partial charge is 0.505 e. The third-order valence-electron chi connectivity index (χ3n) is 6.41. The number of ether oxygens (including phenoxy) is 1. The van der Waals surface area contributed by atoms with E-state index in [0.29, 0.717) is 22.4 Å². The molecule has 1 atom stereocenters. The van der Waals surface area contributed by atoms with E-state index in [4.69, 9.17) is 51.1 Å². The molecule has 2 heterocycles. The lowest BCUT2D eigenvalue weighted by Crippen LogP contribution is -2.20. The van der Waals surface area contributed by atoms with E-state index < -0.39 is 24.1 Å². The molecule has 0 radical (unpaired) electrons. The van der Waals surface area contributed by atoms with Crippen molar-refractivity contribution in [3.63, 3.8) is 0 Å². The lowest BCUT2D eigenvalue weighted by atomic mass is 9.91. The number of hydrogen-bond acceptors (Lipinski definition) is 8. The molecule has 42 heavy (non-hydrogen) atoms. The first-order chi connectivity index (χ1) is 20.0. The Kier molecular flexibility index (Phi) is 11.0. The van der Waals surface area contributed by atoms with Crippen molar-refractivity contribution < 1.29 is 29.3 Å². The Morgan fingerprint density at radius 2 is 1.31 bits per heavy atom. The molecule has 220 valence electrons. The van der Waals surface area contributed by atoms with Crippen molar-refractivity contribution >= 4 is 86.6 Å². The number of hydrogen-bond donors (Lipinski definition) is 2. The van der Waals surface area contributed by atoms with E-state index in [0.717, 1.165) is 16.0 Å². The van der Waals surface area contributed by atoms with Gasteiger partial charge < -0.3 is 14.9 Å². The second kappa shape index (κ2) is 14.3. The summed E-state index contributed by atoms with van der Waals surface area (Å²) in [4.78, 5) is 40.0. The molecule has 2 N–H and O–H groups in total. The number of phenols is 2. The van der Waals surface area contributed by atoms with Crippen LogP contribution >= 0.6 is 69.1 Å². The van der Waals surface area contributed by atoms with Gasteiger partial charge in [0.15, 0.2) is 17.3 Å². The Morgan fingerprint density at radius 1 is 0.786 bits per heavy atom. The molecule has 4 rings (SSSR count). The average Bonchev–Trinajstić information content (AvgIpc) is 3.62. The van der Waals surface area contributed by atoms with Crippen LogP contribution in [-0.4, -0.2) is 34.4 Å². The van der Waals surface area contributed by atoms with Crippen LogP contribution in [0.4, 0.5) is 0 Å². The molecule has 0 spiro atoms. The Balaban J connectivity index is 1.49. The van der Waals surface area contributed by atoms with Crippen LogP contribution in [0.2, 0.25) is 20.1 Å². The number of halogens is 4. The van der Waals surface area contributed by atoms with Gasteiger partial charge in [0.25, 0.3) is 0 Å². The van der Waals surface area contributed by atoms with Gasteiger partial charge in [-0.25, -0.2) is 0 Å². The zero-order valence-electron chi connectivity index (χ0n) is 22.1. The normalized spacial score (nSPS) is 11.8. The van der Waals surface area contributed by atoms with Gasteiger partial charge >= 0.3 is 5.97 Å². The molecule has 0 aliphatic rings. The number of ketones is 2. The first kappa shape index (κ1) is 32.3. The second-order valence-corrected chi connectivity index (χ2v) is 12.9. The highest BCUT2D eigenvalue weighted by Crippen LogP contribution is 2.40. The maximum Gasteiger partial charge on any atom is 0.313 e. The molecule has 2 aromatic carbocycles. The summed E-state index contributed by atoms with van der Waals surface area (Å²) in [6, 6.07) is 10.1. The fourth-order valence-corrected chi connectivity index (χ4v) is 7.17. The fraction of sp³-hybridized carbons (Fsp3) is 0.233. The van der Waals surface area contributed by atoms with E-state index in [1.54, 1.807) is 42.6 Å². The van der Waals surface area contributed by atoms with E-state index in [2.05, 4.69) is 0 Å². The number of thiophene rings is 2. The van der Waals surface area contributed by atoms with Crippen molar-refractivity contribution in [2.24, 2.45) is 0 Å². The first-order valence-corrected chi connectivity index (χ1v) is 16.0. The number of benzene rings is 2. The molecule has 0 aliphatic heterocycles. The van der Waals surface area contributed by atoms with E-state index in [-0.39, 0.29) is 56.8 Å². The monoisotopic (exact) mass is 684 g/mol. The quantitative estimate of drug-likeness (QED) is 0.114. The molecule has 0 amide bonds. The van der Waals surface area contributed by atoms with Gasteiger partial charge in [0.2, 0.25) is 0 Å². The van der Waals surface area contributed by atoms with Crippen LogP contribution < -0.4 is 0 Å². The average molecular weight is 686 g/mol. The minimum atomic E-state index is -0.830. The van der Waals surface area contributed by atoms with Gasteiger partial charge in [0.05, 0.1) is 32.6 Å². The van der Waals surface area contributed by atoms with Crippen molar-refractivity contribution in [2.45, 2.75) is 38.5 Å². The minimum absolute atomic E-state index is 0.0727. The predicted octanol–water partition coefficient (Wildman–Crippen LogP) is 9.37. The highest BCUT2D eigenvalue weighted by molar-refractivity contribution is 7.10. The van der Waals surface area contributed by atoms with Gasteiger partial charge in [-0.05, 0) is 82.8 Å². The fourth-order valence-electron chi connectivity index (χ4n) is 4.26. The van der Waals surface area contributed by atoms with E-state index in [1.165, 1.54) is 22.7 Å². The predicted molar refractivity (Wildman–Crippen MR) is 170 cm³/mol. The first-order valence-electron chi connectivity index (χ1n) is 12.7. The molecule has 6 nitrogen and oxygen atoms in total. The smallest absolute Gasteiger partial charge is 0.313 e. The van der Waals surface area contributed by atoms with Crippen molar-refractivity contribution in [1.82, 2.24) is 0 Å². The lowest BCUT2D eigenvalue weighted by Gasteiger charge is -2.13. The molecular formula is C30H24Cl4O6S2. The zero-order valence-corrected chi connectivity index (χ0v) is 26.7. The van der Waals surface area contributed by atoms with E-state index in [1.807, 2.05) is 11.4 Å². The summed E-state index contributed by atoms with van der Waals surface area (Å²) in [5.74, 6) is -2.41. The molecule has 0 bridgehead atoms. The molecule has 12 heteroatoms. The SMILES string of the molecule is CCOC(=O)CC(=O)C(CC(=O)CCc1cc(-c2cc(Cl)c(O)c(Cl)c2)cs1)c1cc(-c2cc(Cl)c(O)c(Cl)c2)cs1. The van der Waals surface area contributed by atoms with Crippen LogP contribution in [0.1, 0.15) is 41.9 Å². The number of phenolic OH excluding ortho intramolecular Hbond substituents is 2. The summed E-state index contributed by atoms with van der Waals surface area (Å²) in [7, 11) is 0. The molecule has 0 saturated carbocycles. The van der Waals surface area contributed by atoms with Crippen LogP contribution in [0.15, 0.2) is 47.2 Å². The van der Waals surface area contributed by atoms with Gasteiger partial charge in [-0.2, -0.15) is 0 Å². The van der Waals surface area contributed by atoms with Gasteiger partial charge in [-0.15, -0.1) is 22.7 Å². The van der Waals surface area contributed by atoms with Crippen LogP contribution in [-0.2, 0) is 25.5 Å². The maximum absolute atomic E-state index is 13.2. The van der Waals surface area contributed by atoms with Crippen molar-refractivity contribution in [3.8, 4) is 33.8 Å².